The number of aromatic nitrogens is 2. The highest BCUT2D eigenvalue weighted by atomic mass is 16.2. The standard InChI is InChI=1S/C7H7N4O/c12-5-4-10-7(11-5)6-8-2-1-3-9-6/h1-3,10H,4H2,(H,11,12). The second kappa shape index (κ2) is 2.86. The van der Waals surface area contributed by atoms with E-state index in [1.807, 2.05) is 0 Å². The van der Waals surface area contributed by atoms with Crippen LogP contribution < -0.4 is 10.6 Å². The second-order valence-corrected chi connectivity index (χ2v) is 2.35. The molecule has 1 saturated heterocycles. The molecule has 1 aliphatic heterocycles. The lowest BCUT2D eigenvalue weighted by Crippen LogP contribution is -2.25. The normalized spacial score (nSPS) is 17.8. The van der Waals surface area contributed by atoms with Crippen molar-refractivity contribution >= 4 is 5.91 Å². The molecule has 2 rings (SSSR count). The van der Waals surface area contributed by atoms with Crippen molar-refractivity contribution < 1.29 is 4.79 Å². The van der Waals surface area contributed by atoms with Gasteiger partial charge in [-0.15, -0.1) is 0 Å². The van der Waals surface area contributed by atoms with E-state index in [1.54, 1.807) is 18.5 Å². The predicted molar refractivity (Wildman–Crippen MR) is 40.5 cm³/mol. The summed E-state index contributed by atoms with van der Waals surface area (Å²) < 4.78 is 0. The fraction of sp³-hybridized carbons (Fsp3) is 0.143. The van der Waals surface area contributed by atoms with Crippen molar-refractivity contribution in [2.45, 2.75) is 0 Å². The van der Waals surface area contributed by atoms with Gasteiger partial charge in [0.05, 0.1) is 6.54 Å². The summed E-state index contributed by atoms with van der Waals surface area (Å²) in [6, 6.07) is 1.72. The molecule has 2 heterocycles. The zero-order valence-electron chi connectivity index (χ0n) is 6.24. The lowest BCUT2D eigenvalue weighted by molar-refractivity contribution is -0.118. The van der Waals surface area contributed by atoms with Crippen molar-refractivity contribution in [1.82, 2.24) is 20.6 Å². The van der Waals surface area contributed by atoms with Crippen molar-refractivity contribution in [2.24, 2.45) is 0 Å². The van der Waals surface area contributed by atoms with E-state index in [1.165, 1.54) is 0 Å². The predicted octanol–water partition coefficient (Wildman–Crippen LogP) is -0.966. The van der Waals surface area contributed by atoms with Crippen molar-refractivity contribution in [2.75, 3.05) is 6.54 Å². The molecule has 5 nitrogen and oxygen atoms in total. The van der Waals surface area contributed by atoms with Gasteiger partial charge >= 0.3 is 0 Å². The first-order valence-corrected chi connectivity index (χ1v) is 3.54. The first kappa shape index (κ1) is 7.17. The topological polar surface area (TPSA) is 66.9 Å². The lowest BCUT2D eigenvalue weighted by Gasteiger charge is -2.04. The summed E-state index contributed by atoms with van der Waals surface area (Å²) in [4.78, 5) is 18.7. The van der Waals surface area contributed by atoms with E-state index in [0.717, 1.165) is 0 Å². The Bertz CT molecular complexity index is 287. The summed E-state index contributed by atoms with van der Waals surface area (Å²) in [5.41, 5.74) is 0. The minimum absolute atomic E-state index is 0.0579. The molecule has 1 fully saturated rings. The first-order valence-electron chi connectivity index (χ1n) is 3.54. The van der Waals surface area contributed by atoms with E-state index in [-0.39, 0.29) is 5.91 Å². The number of amides is 1. The molecular weight excluding hydrogens is 156 g/mol. The van der Waals surface area contributed by atoms with Gasteiger partial charge in [0.1, 0.15) is 0 Å². The van der Waals surface area contributed by atoms with Gasteiger partial charge in [0.15, 0.2) is 12.0 Å². The Balaban J connectivity index is 2.16. The number of hydrogen-bond acceptors (Lipinski definition) is 4. The smallest absolute Gasteiger partial charge is 0.235 e. The molecule has 0 aromatic carbocycles. The largest absolute Gasteiger partial charge is 0.327 e. The summed E-state index contributed by atoms with van der Waals surface area (Å²) in [5.74, 6) is 0.459. The minimum Gasteiger partial charge on any atom is -0.327 e. The molecule has 2 N–H and O–H groups in total. The Morgan fingerprint density at radius 3 is 2.67 bits per heavy atom. The SMILES string of the molecule is O=C1CN[C](c2ncccn2)N1. The summed E-state index contributed by atoms with van der Waals surface area (Å²) >= 11 is 0. The Kier molecular flexibility index (Phi) is 1.71. The molecule has 1 aliphatic rings. The molecule has 1 aromatic heterocycles. The van der Waals surface area contributed by atoms with Crippen LogP contribution in [0.4, 0.5) is 0 Å². The molecule has 0 atom stereocenters. The summed E-state index contributed by atoms with van der Waals surface area (Å²) in [6.45, 7) is 0.299. The van der Waals surface area contributed by atoms with E-state index in [2.05, 4.69) is 20.6 Å². The summed E-state index contributed by atoms with van der Waals surface area (Å²) in [6.07, 6.45) is 3.84. The first-order chi connectivity index (χ1) is 5.86. The van der Waals surface area contributed by atoms with Gasteiger partial charge in [0.2, 0.25) is 5.91 Å². The molecule has 0 spiro atoms. The summed E-state index contributed by atoms with van der Waals surface area (Å²) in [5, 5.41) is 5.47. The van der Waals surface area contributed by atoms with Gasteiger partial charge in [-0.25, -0.2) is 9.97 Å². The van der Waals surface area contributed by atoms with Crippen molar-refractivity contribution in [3.63, 3.8) is 0 Å². The van der Waals surface area contributed by atoms with Gasteiger partial charge in [0, 0.05) is 12.4 Å². The van der Waals surface area contributed by atoms with Gasteiger partial charge in [-0.2, -0.15) is 0 Å². The van der Waals surface area contributed by atoms with Crippen LogP contribution in [0.25, 0.3) is 0 Å². The maximum Gasteiger partial charge on any atom is 0.235 e. The Hall–Kier alpha value is -1.49. The highest BCUT2D eigenvalue weighted by molar-refractivity contribution is 5.82. The van der Waals surface area contributed by atoms with Crippen LogP contribution in [0, 0.1) is 6.17 Å². The third-order valence-electron chi connectivity index (χ3n) is 1.48. The van der Waals surface area contributed by atoms with E-state index in [9.17, 15) is 4.79 Å². The van der Waals surface area contributed by atoms with Crippen molar-refractivity contribution in [1.29, 1.82) is 0 Å². The van der Waals surface area contributed by atoms with Crippen LogP contribution in [-0.4, -0.2) is 22.4 Å². The Labute approximate surface area is 69.2 Å². The number of hydrogen-bond donors (Lipinski definition) is 2. The number of nitrogens with zero attached hydrogens (tertiary/aromatic N) is 2. The number of carbonyl (C=O) groups is 1. The maximum atomic E-state index is 10.8. The van der Waals surface area contributed by atoms with Gasteiger partial charge in [-0.3, -0.25) is 10.1 Å². The monoisotopic (exact) mass is 163 g/mol. The molecule has 0 unspecified atom stereocenters. The average molecular weight is 163 g/mol. The third-order valence-corrected chi connectivity index (χ3v) is 1.48. The van der Waals surface area contributed by atoms with Crippen molar-refractivity contribution in [3.05, 3.63) is 30.5 Å². The van der Waals surface area contributed by atoms with Crippen LogP contribution >= 0.6 is 0 Å². The second-order valence-electron chi connectivity index (χ2n) is 2.35. The highest BCUT2D eigenvalue weighted by Crippen LogP contribution is 2.03. The average Bonchev–Trinajstić information content (AvgIpc) is 2.54. The van der Waals surface area contributed by atoms with Gasteiger partial charge < -0.3 is 5.32 Å². The lowest BCUT2D eigenvalue weighted by atomic mass is 10.4. The van der Waals surface area contributed by atoms with E-state index in [4.69, 9.17) is 0 Å². The molecule has 1 amide bonds. The zero-order valence-corrected chi connectivity index (χ0v) is 6.24. The molecule has 61 valence electrons. The quantitative estimate of drug-likeness (QED) is 0.559. The van der Waals surface area contributed by atoms with Gasteiger partial charge in [-0.05, 0) is 6.07 Å². The minimum atomic E-state index is -0.0579. The molecule has 1 aromatic rings. The maximum absolute atomic E-state index is 10.8. The summed E-state index contributed by atoms with van der Waals surface area (Å²) in [7, 11) is 0. The van der Waals surface area contributed by atoms with Crippen LogP contribution in [-0.2, 0) is 4.79 Å². The third kappa shape index (κ3) is 1.26. The molecule has 1 radical (unpaired) electrons. The van der Waals surface area contributed by atoms with Crippen LogP contribution in [0.2, 0.25) is 0 Å². The molecule has 5 heteroatoms. The van der Waals surface area contributed by atoms with Crippen LogP contribution in [0.3, 0.4) is 0 Å². The molecule has 0 saturated carbocycles. The van der Waals surface area contributed by atoms with E-state index in [0.29, 0.717) is 18.5 Å². The number of rotatable bonds is 1. The molecule has 0 bridgehead atoms. The fourth-order valence-corrected chi connectivity index (χ4v) is 0.960. The number of carbonyl (C=O) groups excluding carboxylic acids is 1. The van der Waals surface area contributed by atoms with Crippen LogP contribution in [0.15, 0.2) is 18.5 Å². The van der Waals surface area contributed by atoms with Crippen LogP contribution in [0.1, 0.15) is 5.82 Å². The Morgan fingerprint density at radius 2 is 2.08 bits per heavy atom. The number of nitrogens with one attached hydrogen (secondary N) is 2. The van der Waals surface area contributed by atoms with Gasteiger partial charge in [-0.1, -0.05) is 0 Å². The molecule has 12 heavy (non-hydrogen) atoms. The Morgan fingerprint density at radius 1 is 1.33 bits per heavy atom. The van der Waals surface area contributed by atoms with Gasteiger partial charge in [0.25, 0.3) is 0 Å². The molecular formula is C7H7N4O. The zero-order chi connectivity index (χ0) is 8.39. The van der Waals surface area contributed by atoms with E-state index < -0.39 is 0 Å². The van der Waals surface area contributed by atoms with Crippen molar-refractivity contribution in [3.8, 4) is 0 Å². The van der Waals surface area contributed by atoms with Crippen LogP contribution in [0.5, 0.6) is 0 Å². The van der Waals surface area contributed by atoms with E-state index >= 15 is 0 Å². The highest BCUT2D eigenvalue weighted by Gasteiger charge is 2.24. The molecule has 0 aliphatic carbocycles. The fourth-order valence-electron chi connectivity index (χ4n) is 0.960.